The highest BCUT2D eigenvalue weighted by molar-refractivity contribution is 6.03. The summed E-state index contributed by atoms with van der Waals surface area (Å²) in [5.41, 5.74) is 2.91. The lowest BCUT2D eigenvalue weighted by atomic mass is 10.2. The zero-order chi connectivity index (χ0) is 14.7. The van der Waals surface area contributed by atoms with Gasteiger partial charge in [-0.3, -0.25) is 4.99 Å². The number of hydrogen-bond acceptors (Lipinski definition) is 3. The topological polar surface area (TPSA) is 43.1 Å². The molecule has 3 aromatic rings. The minimum Gasteiger partial charge on any atom is -0.266 e. The van der Waals surface area contributed by atoms with Crippen LogP contribution in [-0.2, 0) is 0 Å². The van der Waals surface area contributed by atoms with E-state index in [0.717, 1.165) is 29.0 Å². The van der Waals surface area contributed by atoms with Gasteiger partial charge in [-0.1, -0.05) is 61.5 Å². The highest BCUT2D eigenvalue weighted by Gasteiger charge is 2.12. The van der Waals surface area contributed by atoms with Gasteiger partial charge in [0, 0.05) is 12.1 Å². The summed E-state index contributed by atoms with van der Waals surface area (Å²) in [5.74, 6) is 1.34. The molecule has 0 atom stereocenters. The van der Waals surface area contributed by atoms with Gasteiger partial charge in [0.1, 0.15) is 5.52 Å². The molecule has 4 nitrogen and oxygen atoms in total. The van der Waals surface area contributed by atoms with Crippen molar-refractivity contribution in [2.45, 2.75) is 13.8 Å². The second kappa shape index (κ2) is 5.87. The molecule has 0 N–H and O–H groups in total. The van der Waals surface area contributed by atoms with Crippen LogP contribution in [0.2, 0.25) is 0 Å². The summed E-state index contributed by atoms with van der Waals surface area (Å²) in [6.07, 6.45) is 0. The van der Waals surface area contributed by atoms with E-state index in [1.165, 1.54) is 0 Å². The monoisotopic (exact) mass is 278 g/mol. The Hall–Kier alpha value is -2.49. The molecule has 2 aromatic carbocycles. The van der Waals surface area contributed by atoms with Crippen LogP contribution in [-0.4, -0.2) is 27.4 Å². The molecule has 0 fully saturated rings. The Balaban J connectivity index is 2.13. The van der Waals surface area contributed by atoms with Crippen LogP contribution < -0.4 is 0 Å². The van der Waals surface area contributed by atoms with Crippen LogP contribution in [0.4, 0.5) is 0 Å². The van der Waals surface area contributed by atoms with E-state index in [9.17, 15) is 0 Å². The maximum Gasteiger partial charge on any atom is 0.158 e. The van der Waals surface area contributed by atoms with E-state index in [0.29, 0.717) is 5.92 Å². The molecule has 0 unspecified atom stereocenters. The van der Waals surface area contributed by atoms with E-state index in [4.69, 9.17) is 4.99 Å². The molecule has 106 valence electrons. The Bertz CT molecular complexity index is 757. The van der Waals surface area contributed by atoms with Gasteiger partial charge in [0.15, 0.2) is 5.84 Å². The van der Waals surface area contributed by atoms with Gasteiger partial charge in [-0.05, 0) is 18.1 Å². The van der Waals surface area contributed by atoms with E-state index < -0.39 is 0 Å². The molecule has 0 saturated carbocycles. The fourth-order valence-electron chi connectivity index (χ4n) is 2.16. The summed E-state index contributed by atoms with van der Waals surface area (Å²) < 4.78 is 1.83. The van der Waals surface area contributed by atoms with Crippen LogP contribution in [0.5, 0.6) is 0 Å². The Kier molecular flexibility index (Phi) is 3.77. The van der Waals surface area contributed by atoms with Crippen molar-refractivity contribution in [1.82, 2.24) is 15.0 Å². The molecule has 0 radical (unpaired) electrons. The first-order valence-corrected chi connectivity index (χ1v) is 7.16. The first kappa shape index (κ1) is 13.5. The van der Waals surface area contributed by atoms with Crippen molar-refractivity contribution in [1.29, 1.82) is 0 Å². The number of nitrogens with zero attached hydrogens (tertiary/aromatic N) is 4. The Morgan fingerprint density at radius 1 is 1.05 bits per heavy atom. The molecular weight excluding hydrogens is 260 g/mol. The quantitative estimate of drug-likeness (QED) is 0.544. The largest absolute Gasteiger partial charge is 0.266 e. The molecule has 0 aliphatic carbocycles. The average Bonchev–Trinajstić information content (AvgIpc) is 2.93. The Labute approximate surface area is 124 Å². The van der Waals surface area contributed by atoms with Crippen molar-refractivity contribution < 1.29 is 0 Å². The van der Waals surface area contributed by atoms with Gasteiger partial charge in [0.2, 0.25) is 0 Å². The van der Waals surface area contributed by atoms with Crippen LogP contribution in [0.1, 0.15) is 19.4 Å². The second-order valence-electron chi connectivity index (χ2n) is 5.41. The number of para-hydroxylation sites is 1. The lowest BCUT2D eigenvalue weighted by molar-refractivity contribution is 0.662. The zero-order valence-electron chi connectivity index (χ0n) is 12.3. The van der Waals surface area contributed by atoms with E-state index in [1.807, 2.05) is 47.1 Å². The van der Waals surface area contributed by atoms with Crippen molar-refractivity contribution in [2.75, 3.05) is 6.54 Å². The lowest BCUT2D eigenvalue weighted by Gasteiger charge is -2.09. The summed E-state index contributed by atoms with van der Waals surface area (Å²) >= 11 is 0. The van der Waals surface area contributed by atoms with Crippen LogP contribution in [0.15, 0.2) is 59.6 Å². The molecule has 3 rings (SSSR count). The Morgan fingerprint density at radius 3 is 2.52 bits per heavy atom. The molecule has 21 heavy (non-hydrogen) atoms. The summed E-state index contributed by atoms with van der Waals surface area (Å²) in [5, 5.41) is 8.51. The van der Waals surface area contributed by atoms with Crippen molar-refractivity contribution in [3.63, 3.8) is 0 Å². The predicted octanol–water partition coefficient (Wildman–Crippen LogP) is 3.38. The number of aliphatic imine (C=N–C) groups is 1. The molecule has 0 spiro atoms. The smallest absolute Gasteiger partial charge is 0.158 e. The van der Waals surface area contributed by atoms with Crippen molar-refractivity contribution in [2.24, 2.45) is 10.9 Å². The molecule has 1 aromatic heterocycles. The molecule has 0 bridgehead atoms. The highest BCUT2D eigenvalue weighted by Crippen LogP contribution is 2.13. The van der Waals surface area contributed by atoms with Crippen LogP contribution in [0, 0.1) is 5.92 Å². The number of hydrogen-bond donors (Lipinski definition) is 0. The highest BCUT2D eigenvalue weighted by atomic mass is 15.4. The third-order valence-corrected chi connectivity index (χ3v) is 3.19. The molecule has 0 saturated heterocycles. The third kappa shape index (κ3) is 2.84. The summed E-state index contributed by atoms with van der Waals surface area (Å²) in [7, 11) is 0. The fraction of sp³-hybridized carbons (Fsp3) is 0.235. The SMILES string of the molecule is CC(C)CN=C(c1ccccc1)n1nnc2ccccc21. The van der Waals surface area contributed by atoms with E-state index in [1.54, 1.807) is 0 Å². The molecule has 0 amide bonds. The minimum absolute atomic E-state index is 0.499. The van der Waals surface area contributed by atoms with Gasteiger partial charge in [-0.25, -0.2) is 0 Å². The Morgan fingerprint density at radius 2 is 1.76 bits per heavy atom. The summed E-state index contributed by atoms with van der Waals surface area (Å²) in [6.45, 7) is 5.08. The number of fused-ring (bicyclic) bond motifs is 1. The van der Waals surface area contributed by atoms with Gasteiger partial charge in [-0.15, -0.1) is 5.10 Å². The first-order chi connectivity index (χ1) is 10.3. The molecule has 1 heterocycles. The number of rotatable bonds is 3. The van der Waals surface area contributed by atoms with Crippen LogP contribution in [0.25, 0.3) is 11.0 Å². The number of benzene rings is 2. The summed E-state index contributed by atoms with van der Waals surface area (Å²) in [4.78, 5) is 4.76. The van der Waals surface area contributed by atoms with Gasteiger partial charge < -0.3 is 0 Å². The van der Waals surface area contributed by atoms with Gasteiger partial charge in [0.25, 0.3) is 0 Å². The van der Waals surface area contributed by atoms with Crippen molar-refractivity contribution >= 4 is 16.9 Å². The number of aromatic nitrogens is 3. The third-order valence-electron chi connectivity index (χ3n) is 3.19. The van der Waals surface area contributed by atoms with Gasteiger partial charge in [-0.2, -0.15) is 4.68 Å². The average molecular weight is 278 g/mol. The first-order valence-electron chi connectivity index (χ1n) is 7.16. The fourth-order valence-corrected chi connectivity index (χ4v) is 2.16. The van der Waals surface area contributed by atoms with Crippen molar-refractivity contribution in [3.8, 4) is 0 Å². The van der Waals surface area contributed by atoms with Crippen LogP contribution >= 0.6 is 0 Å². The predicted molar refractivity (Wildman–Crippen MR) is 85.6 cm³/mol. The zero-order valence-corrected chi connectivity index (χ0v) is 12.3. The molecular formula is C17H18N4. The van der Waals surface area contributed by atoms with E-state index in [2.05, 4.69) is 36.3 Å². The van der Waals surface area contributed by atoms with Gasteiger partial charge >= 0.3 is 0 Å². The summed E-state index contributed by atoms with van der Waals surface area (Å²) in [6, 6.07) is 18.1. The maximum atomic E-state index is 4.76. The van der Waals surface area contributed by atoms with E-state index in [-0.39, 0.29) is 0 Å². The van der Waals surface area contributed by atoms with Gasteiger partial charge in [0.05, 0.1) is 5.52 Å². The lowest BCUT2D eigenvalue weighted by Crippen LogP contribution is -2.16. The molecule has 4 heteroatoms. The normalized spacial score (nSPS) is 12.2. The molecule has 0 aliphatic rings. The van der Waals surface area contributed by atoms with E-state index >= 15 is 0 Å². The standard InChI is InChI=1S/C17H18N4/c1-13(2)12-18-17(14-8-4-3-5-9-14)21-16-11-7-6-10-15(16)19-20-21/h3-11,13H,12H2,1-2H3. The van der Waals surface area contributed by atoms with Crippen LogP contribution in [0.3, 0.4) is 0 Å². The maximum absolute atomic E-state index is 4.76. The van der Waals surface area contributed by atoms with Crippen molar-refractivity contribution in [3.05, 3.63) is 60.2 Å². The second-order valence-corrected chi connectivity index (χ2v) is 5.41. The molecule has 0 aliphatic heterocycles. The minimum atomic E-state index is 0.499.